The molecule has 0 fully saturated rings. The van der Waals surface area contributed by atoms with Gasteiger partial charge in [-0.3, -0.25) is 4.79 Å². The molecule has 6 nitrogen and oxygen atoms in total. The Morgan fingerprint density at radius 1 is 1.19 bits per heavy atom. The van der Waals surface area contributed by atoms with Gasteiger partial charge in [-0.25, -0.2) is 9.97 Å². The van der Waals surface area contributed by atoms with Crippen LogP contribution in [0.2, 0.25) is 0 Å². The summed E-state index contributed by atoms with van der Waals surface area (Å²) in [5.74, 6) is 0. The highest BCUT2D eigenvalue weighted by Gasteiger charge is 1.97. The fourth-order valence-electron chi connectivity index (χ4n) is 0.898. The topological polar surface area (TPSA) is 70.5 Å². The highest BCUT2D eigenvalue weighted by Crippen LogP contribution is 2.00. The van der Waals surface area contributed by atoms with Crippen molar-refractivity contribution in [3.05, 3.63) is 18.0 Å². The predicted molar refractivity (Wildman–Crippen MR) is 55.6 cm³/mol. The van der Waals surface area contributed by atoms with Crippen LogP contribution < -0.4 is 4.74 Å². The van der Waals surface area contributed by atoms with Crippen LogP contribution in [0.4, 0.5) is 0 Å². The zero-order valence-electron chi connectivity index (χ0n) is 9.09. The molecule has 1 aromatic rings. The number of methoxy groups -OCH3 is 1. The molecule has 0 bridgehead atoms. The van der Waals surface area contributed by atoms with Gasteiger partial charge in [-0.2, -0.15) is 0 Å². The van der Waals surface area contributed by atoms with E-state index in [4.69, 9.17) is 14.2 Å². The Morgan fingerprint density at radius 2 is 1.88 bits per heavy atom. The van der Waals surface area contributed by atoms with E-state index >= 15 is 0 Å². The number of nitrogens with zero attached hydrogens (tertiary/aromatic N) is 2. The highest BCUT2D eigenvalue weighted by molar-refractivity contribution is 5.73. The Kier molecular flexibility index (Phi) is 6.05. The second kappa shape index (κ2) is 7.72. The molecular weight excluding hydrogens is 212 g/mol. The maximum absolute atomic E-state index is 10.3. The number of carbonyl (C=O) groups is 1. The van der Waals surface area contributed by atoms with Crippen molar-refractivity contribution >= 4 is 6.29 Å². The first-order valence-corrected chi connectivity index (χ1v) is 4.83. The van der Waals surface area contributed by atoms with Gasteiger partial charge in [0.1, 0.15) is 6.61 Å². The Balaban J connectivity index is 2.14. The Morgan fingerprint density at radius 3 is 2.50 bits per heavy atom. The molecular formula is C10H14N2O4. The summed E-state index contributed by atoms with van der Waals surface area (Å²) in [6.07, 6.45) is 3.49. The predicted octanol–water partition coefficient (Wildman–Crippen LogP) is 0.331. The molecule has 88 valence electrons. The Hall–Kier alpha value is -1.53. The van der Waals surface area contributed by atoms with Gasteiger partial charge < -0.3 is 14.2 Å². The van der Waals surface area contributed by atoms with Gasteiger partial charge in [0, 0.05) is 19.5 Å². The first kappa shape index (κ1) is 12.5. The zero-order valence-corrected chi connectivity index (χ0v) is 9.09. The van der Waals surface area contributed by atoms with Gasteiger partial charge in [0.2, 0.25) is 0 Å². The summed E-state index contributed by atoms with van der Waals surface area (Å²) < 4.78 is 15.2. The summed E-state index contributed by atoms with van der Waals surface area (Å²) in [4.78, 5) is 18.0. The summed E-state index contributed by atoms with van der Waals surface area (Å²) in [7, 11) is 1.61. The van der Waals surface area contributed by atoms with E-state index < -0.39 is 0 Å². The van der Waals surface area contributed by atoms with Crippen LogP contribution in [0.25, 0.3) is 0 Å². The van der Waals surface area contributed by atoms with Crippen molar-refractivity contribution in [1.82, 2.24) is 9.97 Å². The molecule has 6 heteroatoms. The molecule has 1 heterocycles. The van der Waals surface area contributed by atoms with E-state index in [1.165, 1.54) is 12.4 Å². The monoisotopic (exact) mass is 226 g/mol. The smallest absolute Gasteiger partial charge is 0.316 e. The highest BCUT2D eigenvalue weighted by atomic mass is 16.5. The third-order valence-electron chi connectivity index (χ3n) is 1.67. The SMILES string of the molecule is COCCOCCOc1ncc(C=O)cn1. The first-order valence-electron chi connectivity index (χ1n) is 4.83. The second-order valence-electron chi connectivity index (χ2n) is 2.87. The van der Waals surface area contributed by atoms with Gasteiger partial charge in [0.25, 0.3) is 0 Å². The maximum Gasteiger partial charge on any atom is 0.316 e. The molecule has 0 aliphatic heterocycles. The Bertz CT molecular complexity index is 302. The molecule has 0 saturated carbocycles. The minimum absolute atomic E-state index is 0.237. The van der Waals surface area contributed by atoms with Crippen molar-refractivity contribution in [1.29, 1.82) is 0 Å². The minimum Gasteiger partial charge on any atom is -0.461 e. The van der Waals surface area contributed by atoms with Crippen LogP contribution in [-0.4, -0.2) is 49.8 Å². The number of rotatable bonds is 8. The van der Waals surface area contributed by atoms with E-state index in [1.54, 1.807) is 7.11 Å². The van der Waals surface area contributed by atoms with Crippen molar-refractivity contribution in [3.8, 4) is 6.01 Å². The fourth-order valence-corrected chi connectivity index (χ4v) is 0.898. The first-order chi connectivity index (χ1) is 7.86. The maximum atomic E-state index is 10.3. The Labute approximate surface area is 93.6 Å². The van der Waals surface area contributed by atoms with Crippen LogP contribution in [0.5, 0.6) is 6.01 Å². The fraction of sp³-hybridized carbons (Fsp3) is 0.500. The molecule has 0 spiro atoms. The van der Waals surface area contributed by atoms with Crippen molar-refractivity contribution in [3.63, 3.8) is 0 Å². The summed E-state index contributed by atoms with van der Waals surface area (Å²) >= 11 is 0. The van der Waals surface area contributed by atoms with E-state index in [0.717, 1.165) is 0 Å². The molecule has 0 aromatic carbocycles. The minimum atomic E-state index is 0.237. The van der Waals surface area contributed by atoms with E-state index in [9.17, 15) is 4.79 Å². The van der Waals surface area contributed by atoms with Gasteiger partial charge in [-0.15, -0.1) is 0 Å². The summed E-state index contributed by atoms with van der Waals surface area (Å²) in [6.45, 7) is 1.90. The lowest BCUT2D eigenvalue weighted by molar-refractivity contribution is 0.0528. The normalized spacial score (nSPS) is 10.1. The number of hydrogen-bond donors (Lipinski definition) is 0. The van der Waals surface area contributed by atoms with Gasteiger partial charge >= 0.3 is 6.01 Å². The van der Waals surface area contributed by atoms with Crippen LogP contribution >= 0.6 is 0 Å². The number of carbonyl (C=O) groups excluding carboxylic acids is 1. The molecule has 0 saturated heterocycles. The van der Waals surface area contributed by atoms with Crippen LogP contribution in [0.15, 0.2) is 12.4 Å². The average molecular weight is 226 g/mol. The lowest BCUT2D eigenvalue weighted by atomic mass is 10.4. The largest absolute Gasteiger partial charge is 0.461 e. The van der Waals surface area contributed by atoms with Gasteiger partial charge in [0.15, 0.2) is 6.29 Å². The zero-order chi connectivity index (χ0) is 11.6. The third kappa shape index (κ3) is 4.81. The number of hydrogen-bond acceptors (Lipinski definition) is 6. The van der Waals surface area contributed by atoms with E-state index in [0.29, 0.717) is 38.3 Å². The summed E-state index contributed by atoms with van der Waals surface area (Å²) in [6, 6.07) is 0.237. The molecule has 0 unspecified atom stereocenters. The van der Waals surface area contributed by atoms with Crippen LogP contribution in [0.3, 0.4) is 0 Å². The molecule has 0 radical (unpaired) electrons. The van der Waals surface area contributed by atoms with Gasteiger partial charge in [0.05, 0.1) is 25.4 Å². The lowest BCUT2D eigenvalue weighted by Gasteiger charge is -2.04. The third-order valence-corrected chi connectivity index (χ3v) is 1.67. The molecule has 16 heavy (non-hydrogen) atoms. The van der Waals surface area contributed by atoms with Crippen molar-refractivity contribution in [2.45, 2.75) is 0 Å². The number of aromatic nitrogens is 2. The quantitative estimate of drug-likeness (QED) is 0.470. The van der Waals surface area contributed by atoms with E-state index in [1.807, 2.05) is 0 Å². The number of aldehydes is 1. The molecule has 1 rings (SSSR count). The molecule has 0 aliphatic rings. The van der Waals surface area contributed by atoms with Crippen molar-refractivity contribution in [2.24, 2.45) is 0 Å². The van der Waals surface area contributed by atoms with Crippen LogP contribution in [0, 0.1) is 0 Å². The van der Waals surface area contributed by atoms with E-state index in [2.05, 4.69) is 9.97 Å². The lowest BCUT2D eigenvalue weighted by Crippen LogP contribution is -2.11. The molecule has 1 aromatic heterocycles. The van der Waals surface area contributed by atoms with Crippen molar-refractivity contribution in [2.75, 3.05) is 33.5 Å². The van der Waals surface area contributed by atoms with Crippen LogP contribution in [-0.2, 0) is 9.47 Å². The molecule has 0 amide bonds. The van der Waals surface area contributed by atoms with Gasteiger partial charge in [-0.05, 0) is 0 Å². The van der Waals surface area contributed by atoms with E-state index in [-0.39, 0.29) is 6.01 Å². The second-order valence-corrected chi connectivity index (χ2v) is 2.87. The molecule has 0 N–H and O–H groups in total. The summed E-state index contributed by atoms with van der Waals surface area (Å²) in [5.41, 5.74) is 0.420. The van der Waals surface area contributed by atoms with Crippen molar-refractivity contribution < 1.29 is 19.0 Å². The molecule has 0 aliphatic carbocycles. The molecule has 0 atom stereocenters. The number of ether oxygens (including phenoxy) is 3. The average Bonchev–Trinajstić information content (AvgIpc) is 2.34. The summed E-state index contributed by atoms with van der Waals surface area (Å²) in [5, 5.41) is 0. The van der Waals surface area contributed by atoms with Crippen LogP contribution in [0.1, 0.15) is 10.4 Å². The standard InChI is InChI=1S/C10H14N2O4/c1-14-2-3-15-4-5-16-10-11-6-9(8-13)7-12-10/h6-8H,2-5H2,1H3. The van der Waals surface area contributed by atoms with Gasteiger partial charge in [-0.1, -0.05) is 0 Å².